The molecule has 2 N–H and O–H groups in total. The maximum absolute atomic E-state index is 12.3. The molecule has 130 valence electrons. The van der Waals surface area contributed by atoms with Crippen molar-refractivity contribution in [2.75, 3.05) is 12.4 Å². The Morgan fingerprint density at radius 3 is 2.76 bits per heavy atom. The van der Waals surface area contributed by atoms with E-state index in [2.05, 4.69) is 20.6 Å². The third-order valence-electron chi connectivity index (χ3n) is 4.12. The van der Waals surface area contributed by atoms with E-state index in [1.807, 2.05) is 0 Å². The van der Waals surface area contributed by atoms with Crippen molar-refractivity contribution in [1.82, 2.24) is 15.3 Å². The number of nitrogens with one attached hydrogen (secondary N) is 2. The number of carbonyl (C=O) groups excluding carboxylic acids is 2. The first-order valence-electron chi connectivity index (χ1n) is 8.25. The fourth-order valence-corrected chi connectivity index (χ4v) is 2.85. The van der Waals surface area contributed by atoms with Crippen LogP contribution in [0.25, 0.3) is 0 Å². The summed E-state index contributed by atoms with van der Waals surface area (Å²) in [4.78, 5) is 32.3. The molecule has 1 heterocycles. The van der Waals surface area contributed by atoms with Gasteiger partial charge in [-0.25, -0.2) is 14.8 Å². The molecule has 0 saturated heterocycles. The lowest BCUT2D eigenvalue weighted by molar-refractivity contribution is 0.0600. The van der Waals surface area contributed by atoms with Crippen LogP contribution in [0.4, 0.5) is 11.6 Å². The first-order chi connectivity index (χ1) is 12.2. The van der Waals surface area contributed by atoms with Crippen molar-refractivity contribution in [2.45, 2.75) is 31.7 Å². The van der Waals surface area contributed by atoms with Crippen molar-refractivity contribution in [3.63, 3.8) is 0 Å². The molecule has 0 unspecified atom stereocenters. The van der Waals surface area contributed by atoms with E-state index in [4.69, 9.17) is 4.74 Å². The maximum Gasteiger partial charge on any atom is 0.337 e. The molecule has 1 saturated carbocycles. The highest BCUT2D eigenvalue weighted by Gasteiger charge is 2.19. The minimum Gasteiger partial charge on any atom is -0.465 e. The molecule has 0 aliphatic heterocycles. The zero-order chi connectivity index (χ0) is 17.6. The first-order valence-corrected chi connectivity index (χ1v) is 8.25. The van der Waals surface area contributed by atoms with Crippen LogP contribution >= 0.6 is 0 Å². The van der Waals surface area contributed by atoms with Gasteiger partial charge in [0.2, 0.25) is 5.95 Å². The molecule has 1 amide bonds. The SMILES string of the molecule is COC(=O)c1cccc(Nc2nccc(C(=O)NC3CCCC3)n2)c1. The summed E-state index contributed by atoms with van der Waals surface area (Å²) in [7, 11) is 1.33. The van der Waals surface area contributed by atoms with E-state index in [9.17, 15) is 9.59 Å². The third kappa shape index (κ3) is 4.32. The normalized spacial score (nSPS) is 14.1. The number of amides is 1. The van der Waals surface area contributed by atoms with Gasteiger partial charge in [-0.2, -0.15) is 0 Å². The van der Waals surface area contributed by atoms with Gasteiger partial charge < -0.3 is 15.4 Å². The second-order valence-electron chi connectivity index (χ2n) is 5.92. The topological polar surface area (TPSA) is 93.2 Å². The van der Waals surface area contributed by atoms with Crippen LogP contribution in [0.5, 0.6) is 0 Å². The second-order valence-corrected chi connectivity index (χ2v) is 5.92. The summed E-state index contributed by atoms with van der Waals surface area (Å²) in [5.41, 5.74) is 1.37. The molecule has 7 nitrogen and oxygen atoms in total. The monoisotopic (exact) mass is 340 g/mol. The summed E-state index contributed by atoms with van der Waals surface area (Å²) in [6.45, 7) is 0. The lowest BCUT2D eigenvalue weighted by Gasteiger charge is -2.12. The van der Waals surface area contributed by atoms with E-state index < -0.39 is 5.97 Å². The summed E-state index contributed by atoms with van der Waals surface area (Å²) in [5, 5.41) is 6.00. The summed E-state index contributed by atoms with van der Waals surface area (Å²) in [5.74, 6) is -0.323. The number of carbonyl (C=O) groups is 2. The van der Waals surface area contributed by atoms with E-state index in [0.29, 0.717) is 22.9 Å². The molecule has 1 aromatic heterocycles. The Morgan fingerprint density at radius 1 is 1.20 bits per heavy atom. The zero-order valence-corrected chi connectivity index (χ0v) is 14.0. The molecular weight excluding hydrogens is 320 g/mol. The number of esters is 1. The van der Waals surface area contributed by atoms with Gasteiger partial charge in [-0.05, 0) is 37.1 Å². The van der Waals surface area contributed by atoms with Crippen LogP contribution in [0.2, 0.25) is 0 Å². The van der Waals surface area contributed by atoms with Gasteiger partial charge in [-0.1, -0.05) is 18.9 Å². The van der Waals surface area contributed by atoms with Crippen molar-refractivity contribution in [2.24, 2.45) is 0 Å². The Hall–Kier alpha value is -2.96. The Morgan fingerprint density at radius 2 is 2.00 bits per heavy atom. The fraction of sp³-hybridized carbons (Fsp3) is 0.333. The molecule has 0 atom stereocenters. The number of anilines is 2. The van der Waals surface area contributed by atoms with E-state index in [1.54, 1.807) is 30.3 Å². The zero-order valence-electron chi connectivity index (χ0n) is 14.0. The van der Waals surface area contributed by atoms with Gasteiger partial charge in [-0.3, -0.25) is 4.79 Å². The van der Waals surface area contributed by atoms with E-state index in [0.717, 1.165) is 25.7 Å². The molecule has 1 aliphatic carbocycles. The second kappa shape index (κ2) is 7.74. The summed E-state index contributed by atoms with van der Waals surface area (Å²) in [6.07, 6.45) is 5.86. The number of hydrogen-bond donors (Lipinski definition) is 2. The maximum atomic E-state index is 12.3. The average molecular weight is 340 g/mol. The summed E-state index contributed by atoms with van der Waals surface area (Å²) >= 11 is 0. The molecule has 3 rings (SSSR count). The predicted octanol–water partition coefficient (Wildman–Crippen LogP) is 2.68. The molecule has 25 heavy (non-hydrogen) atoms. The summed E-state index contributed by atoms with van der Waals surface area (Å²) in [6, 6.07) is 8.62. The van der Waals surface area contributed by atoms with E-state index in [-0.39, 0.29) is 11.9 Å². The van der Waals surface area contributed by atoms with Crippen LogP contribution in [-0.2, 0) is 4.74 Å². The molecular formula is C18H20N4O3. The number of hydrogen-bond acceptors (Lipinski definition) is 6. The van der Waals surface area contributed by atoms with Crippen LogP contribution in [0.15, 0.2) is 36.5 Å². The molecule has 0 bridgehead atoms. The van der Waals surface area contributed by atoms with Gasteiger partial charge in [-0.15, -0.1) is 0 Å². The average Bonchev–Trinajstić information content (AvgIpc) is 3.14. The van der Waals surface area contributed by atoms with Gasteiger partial charge in [0.05, 0.1) is 12.7 Å². The van der Waals surface area contributed by atoms with Gasteiger partial charge in [0.1, 0.15) is 5.69 Å². The van der Waals surface area contributed by atoms with Crippen LogP contribution in [0.1, 0.15) is 46.5 Å². The highest BCUT2D eigenvalue weighted by Crippen LogP contribution is 2.18. The molecule has 1 aliphatic rings. The first kappa shape index (κ1) is 16.9. The Bertz CT molecular complexity index is 772. The van der Waals surface area contributed by atoms with Gasteiger partial charge in [0.15, 0.2) is 0 Å². The number of nitrogens with zero attached hydrogens (tertiary/aromatic N) is 2. The fourth-order valence-electron chi connectivity index (χ4n) is 2.85. The van der Waals surface area contributed by atoms with Gasteiger partial charge in [0, 0.05) is 17.9 Å². The van der Waals surface area contributed by atoms with E-state index >= 15 is 0 Å². The minimum atomic E-state index is -0.422. The van der Waals surface area contributed by atoms with Crippen LogP contribution in [0.3, 0.4) is 0 Å². The van der Waals surface area contributed by atoms with Crippen LogP contribution in [0, 0.1) is 0 Å². The molecule has 1 fully saturated rings. The summed E-state index contributed by atoms with van der Waals surface area (Å²) < 4.78 is 4.70. The number of ether oxygens (including phenoxy) is 1. The molecule has 1 aromatic carbocycles. The van der Waals surface area contributed by atoms with Crippen molar-refractivity contribution >= 4 is 23.5 Å². The smallest absolute Gasteiger partial charge is 0.337 e. The minimum absolute atomic E-state index is 0.194. The highest BCUT2D eigenvalue weighted by atomic mass is 16.5. The van der Waals surface area contributed by atoms with Crippen LogP contribution < -0.4 is 10.6 Å². The van der Waals surface area contributed by atoms with Crippen molar-refractivity contribution in [3.05, 3.63) is 47.8 Å². The predicted molar refractivity (Wildman–Crippen MR) is 92.8 cm³/mol. The molecule has 7 heteroatoms. The van der Waals surface area contributed by atoms with Gasteiger partial charge >= 0.3 is 5.97 Å². The number of methoxy groups -OCH3 is 1. The standard InChI is InChI=1S/C18H20N4O3/c1-25-17(24)12-5-4-8-14(11-12)21-18-19-10-9-15(22-18)16(23)20-13-6-2-3-7-13/h4-5,8-11,13H,2-3,6-7H2,1H3,(H,20,23)(H,19,21,22). The molecule has 2 aromatic rings. The molecule has 0 radical (unpaired) electrons. The quantitative estimate of drug-likeness (QED) is 0.813. The van der Waals surface area contributed by atoms with Crippen molar-refractivity contribution < 1.29 is 14.3 Å². The third-order valence-corrected chi connectivity index (χ3v) is 4.12. The Kier molecular flexibility index (Phi) is 5.23. The van der Waals surface area contributed by atoms with Crippen molar-refractivity contribution in [1.29, 1.82) is 0 Å². The lowest BCUT2D eigenvalue weighted by Crippen LogP contribution is -2.33. The number of rotatable bonds is 5. The van der Waals surface area contributed by atoms with E-state index in [1.165, 1.54) is 13.3 Å². The number of benzene rings is 1. The van der Waals surface area contributed by atoms with Crippen LogP contribution in [-0.4, -0.2) is 35.0 Å². The Labute approximate surface area is 145 Å². The lowest BCUT2D eigenvalue weighted by atomic mass is 10.2. The van der Waals surface area contributed by atoms with Gasteiger partial charge in [0.25, 0.3) is 5.91 Å². The largest absolute Gasteiger partial charge is 0.465 e. The van der Waals surface area contributed by atoms with Crippen molar-refractivity contribution in [3.8, 4) is 0 Å². The molecule has 0 spiro atoms. The number of aromatic nitrogens is 2. The Balaban J connectivity index is 1.71. The highest BCUT2D eigenvalue weighted by molar-refractivity contribution is 5.93.